The van der Waals surface area contributed by atoms with Gasteiger partial charge in [-0.1, -0.05) is 19.1 Å². The van der Waals surface area contributed by atoms with Crippen LogP contribution in [0, 0.1) is 23.7 Å². The Morgan fingerprint density at radius 2 is 1.82 bits per heavy atom. The molecule has 5 atom stereocenters. The fourth-order valence-electron chi connectivity index (χ4n) is 4.41. The first-order valence-corrected chi connectivity index (χ1v) is 10.3. The van der Waals surface area contributed by atoms with Crippen molar-refractivity contribution in [1.29, 1.82) is 0 Å². The van der Waals surface area contributed by atoms with Crippen molar-refractivity contribution in [3.63, 3.8) is 0 Å². The average Bonchev–Trinajstić information content (AvgIpc) is 2.89. The van der Waals surface area contributed by atoms with Crippen molar-refractivity contribution >= 4 is 17.7 Å². The number of allylic oxidation sites excluding steroid dienone is 1. The number of carbonyl (C=O) groups excluding carboxylic acids is 3. The SMILES string of the molecule is CNC(=O)[C@H]1[C@H]2C(=O)N(CCCCCO)[C@H](C(=O)NC(C)(C)C)[C@H]2C=C[C@H]1C. The predicted molar refractivity (Wildman–Crippen MR) is 107 cm³/mol. The van der Waals surface area contributed by atoms with E-state index in [0.717, 1.165) is 12.8 Å². The minimum Gasteiger partial charge on any atom is -0.396 e. The maximum absolute atomic E-state index is 13.3. The summed E-state index contributed by atoms with van der Waals surface area (Å²) in [7, 11) is 1.58. The van der Waals surface area contributed by atoms with Gasteiger partial charge in [0.25, 0.3) is 0 Å². The lowest BCUT2D eigenvalue weighted by atomic mass is 9.70. The van der Waals surface area contributed by atoms with E-state index in [9.17, 15) is 14.4 Å². The van der Waals surface area contributed by atoms with Crippen LogP contribution in [0.1, 0.15) is 47.0 Å². The van der Waals surface area contributed by atoms with Crippen LogP contribution in [0.4, 0.5) is 0 Å². The normalized spacial score (nSPS) is 29.6. The molecule has 28 heavy (non-hydrogen) atoms. The molecule has 0 radical (unpaired) electrons. The van der Waals surface area contributed by atoms with Gasteiger partial charge in [-0.05, 0) is 46.0 Å². The number of carbonyl (C=O) groups is 3. The van der Waals surface area contributed by atoms with Crippen LogP contribution < -0.4 is 10.6 Å². The molecule has 0 saturated carbocycles. The summed E-state index contributed by atoms with van der Waals surface area (Å²) in [5.41, 5.74) is -0.410. The molecule has 0 aromatic rings. The van der Waals surface area contributed by atoms with E-state index in [1.807, 2.05) is 39.8 Å². The maximum Gasteiger partial charge on any atom is 0.243 e. The van der Waals surface area contributed by atoms with E-state index in [4.69, 9.17) is 5.11 Å². The van der Waals surface area contributed by atoms with Gasteiger partial charge in [-0.3, -0.25) is 14.4 Å². The minimum absolute atomic E-state index is 0.0641. The fraction of sp³-hybridized carbons (Fsp3) is 0.762. The number of nitrogens with one attached hydrogen (secondary N) is 2. The van der Waals surface area contributed by atoms with E-state index in [2.05, 4.69) is 10.6 Å². The maximum atomic E-state index is 13.3. The van der Waals surface area contributed by atoms with Gasteiger partial charge in [0.15, 0.2) is 0 Å². The highest BCUT2D eigenvalue weighted by Crippen LogP contribution is 2.44. The molecule has 3 N–H and O–H groups in total. The zero-order valence-corrected chi connectivity index (χ0v) is 17.7. The summed E-state index contributed by atoms with van der Waals surface area (Å²) in [5.74, 6) is -1.82. The highest BCUT2D eigenvalue weighted by molar-refractivity contribution is 5.96. The molecule has 7 nitrogen and oxygen atoms in total. The summed E-state index contributed by atoms with van der Waals surface area (Å²) < 4.78 is 0. The second-order valence-corrected chi connectivity index (χ2v) is 8.99. The molecule has 0 spiro atoms. The summed E-state index contributed by atoms with van der Waals surface area (Å²) in [6, 6.07) is -0.609. The van der Waals surface area contributed by atoms with Gasteiger partial charge in [0.2, 0.25) is 17.7 Å². The summed E-state index contributed by atoms with van der Waals surface area (Å²) in [6.07, 6.45) is 6.09. The Labute approximate surface area is 167 Å². The summed E-state index contributed by atoms with van der Waals surface area (Å²) >= 11 is 0. The van der Waals surface area contributed by atoms with Gasteiger partial charge in [0.1, 0.15) is 6.04 Å². The molecule has 1 saturated heterocycles. The van der Waals surface area contributed by atoms with Gasteiger partial charge in [0.05, 0.1) is 11.8 Å². The van der Waals surface area contributed by atoms with E-state index < -0.39 is 23.4 Å². The van der Waals surface area contributed by atoms with E-state index >= 15 is 0 Å². The third-order valence-corrected chi connectivity index (χ3v) is 5.65. The Kier molecular flexibility index (Phi) is 7.26. The largest absolute Gasteiger partial charge is 0.396 e. The predicted octanol–water partition coefficient (Wildman–Crippen LogP) is 1.08. The number of fused-ring (bicyclic) bond motifs is 1. The monoisotopic (exact) mass is 393 g/mol. The molecule has 158 valence electrons. The first kappa shape index (κ1) is 22.4. The van der Waals surface area contributed by atoms with Crippen molar-refractivity contribution in [2.45, 2.75) is 58.5 Å². The molecule has 2 rings (SSSR count). The van der Waals surface area contributed by atoms with Crippen LogP contribution >= 0.6 is 0 Å². The number of aliphatic hydroxyl groups excluding tert-OH is 1. The Balaban J connectivity index is 2.34. The van der Waals surface area contributed by atoms with Crippen LogP contribution in [0.25, 0.3) is 0 Å². The highest BCUT2D eigenvalue weighted by Gasteiger charge is 2.56. The second-order valence-electron chi connectivity index (χ2n) is 8.99. The molecule has 1 heterocycles. The van der Waals surface area contributed by atoms with Gasteiger partial charge in [-0.15, -0.1) is 0 Å². The first-order chi connectivity index (χ1) is 13.1. The fourth-order valence-corrected chi connectivity index (χ4v) is 4.41. The second kappa shape index (κ2) is 9.07. The van der Waals surface area contributed by atoms with Gasteiger partial charge in [0, 0.05) is 31.7 Å². The van der Waals surface area contributed by atoms with Crippen LogP contribution in [0.2, 0.25) is 0 Å². The Morgan fingerprint density at radius 3 is 2.39 bits per heavy atom. The van der Waals surface area contributed by atoms with Gasteiger partial charge in [-0.2, -0.15) is 0 Å². The molecule has 1 fully saturated rings. The lowest BCUT2D eigenvalue weighted by Crippen LogP contribution is -2.52. The van der Waals surface area contributed by atoms with Crippen LogP contribution in [0.3, 0.4) is 0 Å². The molecular formula is C21H35N3O4. The number of aliphatic hydroxyl groups is 1. The number of unbranched alkanes of at least 4 members (excludes halogenated alkanes) is 2. The molecule has 2 aliphatic rings. The van der Waals surface area contributed by atoms with Gasteiger partial charge in [-0.25, -0.2) is 0 Å². The number of amides is 3. The molecule has 0 unspecified atom stereocenters. The van der Waals surface area contributed by atoms with Crippen LogP contribution in [0.5, 0.6) is 0 Å². The topological polar surface area (TPSA) is 98.7 Å². The van der Waals surface area contributed by atoms with Gasteiger partial charge < -0.3 is 20.6 Å². The van der Waals surface area contributed by atoms with Crippen molar-refractivity contribution in [2.24, 2.45) is 23.7 Å². The summed E-state index contributed by atoms with van der Waals surface area (Å²) in [4.78, 5) is 40.6. The summed E-state index contributed by atoms with van der Waals surface area (Å²) in [6.45, 7) is 8.25. The number of rotatable bonds is 7. The molecular weight excluding hydrogens is 358 g/mol. The number of hydrogen-bond donors (Lipinski definition) is 3. The number of nitrogens with zero attached hydrogens (tertiary/aromatic N) is 1. The van der Waals surface area contributed by atoms with E-state index in [1.54, 1.807) is 11.9 Å². The highest BCUT2D eigenvalue weighted by atomic mass is 16.3. The lowest BCUT2D eigenvalue weighted by Gasteiger charge is -2.33. The Morgan fingerprint density at radius 1 is 1.14 bits per heavy atom. The minimum atomic E-state index is -0.609. The van der Waals surface area contributed by atoms with Gasteiger partial charge >= 0.3 is 0 Å². The zero-order valence-electron chi connectivity index (χ0n) is 17.7. The third-order valence-electron chi connectivity index (χ3n) is 5.65. The van der Waals surface area contributed by atoms with Crippen molar-refractivity contribution < 1.29 is 19.5 Å². The average molecular weight is 394 g/mol. The van der Waals surface area contributed by atoms with E-state index in [-0.39, 0.29) is 36.2 Å². The first-order valence-electron chi connectivity index (χ1n) is 10.3. The smallest absolute Gasteiger partial charge is 0.243 e. The zero-order chi connectivity index (χ0) is 21.1. The standard InChI is InChI=1S/C21H35N3O4/c1-13-9-10-14-16(15(13)18(26)22-5)20(28)24(11-7-6-8-12-25)17(14)19(27)23-21(2,3)4/h9-10,13-17,25H,6-8,11-12H2,1-5H3,(H,22,26)(H,23,27)/t13-,14+,15-,16+,17+/m1/s1. The van der Waals surface area contributed by atoms with E-state index in [0.29, 0.717) is 13.0 Å². The quantitative estimate of drug-likeness (QED) is 0.445. The summed E-state index contributed by atoms with van der Waals surface area (Å²) in [5, 5.41) is 14.7. The molecule has 1 aliphatic carbocycles. The molecule has 1 aliphatic heterocycles. The molecule has 7 heteroatoms. The van der Waals surface area contributed by atoms with Crippen LogP contribution in [-0.2, 0) is 14.4 Å². The van der Waals surface area contributed by atoms with Crippen molar-refractivity contribution in [3.8, 4) is 0 Å². The van der Waals surface area contributed by atoms with Crippen LogP contribution in [-0.4, -0.2) is 59.5 Å². The third kappa shape index (κ3) is 4.74. The van der Waals surface area contributed by atoms with Crippen molar-refractivity contribution in [2.75, 3.05) is 20.2 Å². The van der Waals surface area contributed by atoms with Crippen LogP contribution in [0.15, 0.2) is 12.2 Å². The molecule has 0 bridgehead atoms. The number of hydrogen-bond acceptors (Lipinski definition) is 4. The molecule has 3 amide bonds. The Bertz CT molecular complexity index is 626. The van der Waals surface area contributed by atoms with Crippen molar-refractivity contribution in [1.82, 2.24) is 15.5 Å². The lowest BCUT2D eigenvalue weighted by molar-refractivity contribution is -0.140. The van der Waals surface area contributed by atoms with E-state index in [1.165, 1.54) is 0 Å². The van der Waals surface area contributed by atoms with Crippen molar-refractivity contribution in [3.05, 3.63) is 12.2 Å². The molecule has 0 aromatic carbocycles. The molecule has 0 aromatic heterocycles. The number of likely N-dealkylation sites (tertiary alicyclic amines) is 1. The Hall–Kier alpha value is -1.89.